The highest BCUT2D eigenvalue weighted by Gasteiger charge is 2.41. The van der Waals surface area contributed by atoms with E-state index in [4.69, 9.17) is 0 Å². The molecule has 0 radical (unpaired) electrons. The first kappa shape index (κ1) is 31.1. The van der Waals surface area contributed by atoms with Crippen molar-refractivity contribution in [2.45, 2.75) is 122 Å². The van der Waals surface area contributed by atoms with Crippen LogP contribution in [0.15, 0.2) is 97.1 Å². The summed E-state index contributed by atoms with van der Waals surface area (Å²) in [6.45, 7) is 5.88. The quantitative estimate of drug-likeness (QED) is 0.113. The number of para-hydroxylation sites is 1. The minimum atomic E-state index is -0.00204. The van der Waals surface area contributed by atoms with Gasteiger partial charge in [0.1, 0.15) is 0 Å². The molecule has 0 saturated heterocycles. The topological polar surface area (TPSA) is 3.24 Å². The summed E-state index contributed by atoms with van der Waals surface area (Å²) in [5.74, 6) is 0. The monoisotopic (exact) mass is 549 g/mol. The van der Waals surface area contributed by atoms with E-state index in [0.717, 1.165) is 13.0 Å². The van der Waals surface area contributed by atoms with Gasteiger partial charge in [-0.1, -0.05) is 163 Å². The van der Waals surface area contributed by atoms with Crippen LogP contribution < -0.4 is 4.90 Å². The maximum absolute atomic E-state index is 2.73. The van der Waals surface area contributed by atoms with Crippen LogP contribution in [0, 0.1) is 0 Å². The van der Waals surface area contributed by atoms with Crippen molar-refractivity contribution in [1.29, 1.82) is 0 Å². The van der Waals surface area contributed by atoms with Crippen molar-refractivity contribution in [3.05, 3.63) is 114 Å². The van der Waals surface area contributed by atoms with Gasteiger partial charge in [0.25, 0.3) is 0 Å². The van der Waals surface area contributed by atoms with Gasteiger partial charge in [-0.3, -0.25) is 0 Å². The third kappa shape index (κ3) is 9.09. The Kier molecular flexibility index (Phi) is 13.1. The van der Waals surface area contributed by atoms with Crippen molar-refractivity contribution in [3.63, 3.8) is 0 Å². The Hall–Kier alpha value is -2.80. The molecule has 3 aromatic carbocycles. The summed E-state index contributed by atoms with van der Waals surface area (Å²) in [5, 5.41) is 0. The molecule has 220 valence electrons. The molecule has 1 aliphatic heterocycles. The third-order valence-electron chi connectivity index (χ3n) is 9.29. The number of allylic oxidation sites excluding steroid dienone is 2. The molecule has 0 aromatic heterocycles. The number of fused-ring (bicyclic) bond motifs is 1. The second kappa shape index (κ2) is 17.2. The normalized spacial score (nSPS) is 18.6. The van der Waals surface area contributed by atoms with Gasteiger partial charge in [-0.25, -0.2) is 0 Å². The molecule has 0 amide bonds. The van der Waals surface area contributed by atoms with Crippen molar-refractivity contribution >= 4 is 5.69 Å². The van der Waals surface area contributed by atoms with Gasteiger partial charge >= 0.3 is 0 Å². The van der Waals surface area contributed by atoms with Crippen LogP contribution in [0.1, 0.15) is 133 Å². The van der Waals surface area contributed by atoms with Gasteiger partial charge in [-0.2, -0.15) is 0 Å². The van der Waals surface area contributed by atoms with Gasteiger partial charge in [0.15, 0.2) is 0 Å². The highest BCUT2D eigenvalue weighted by Crippen LogP contribution is 2.51. The van der Waals surface area contributed by atoms with Gasteiger partial charge in [-0.15, -0.1) is 0 Å². The molecule has 0 aliphatic carbocycles. The van der Waals surface area contributed by atoms with E-state index in [0.29, 0.717) is 6.04 Å². The maximum atomic E-state index is 2.73. The van der Waals surface area contributed by atoms with Crippen molar-refractivity contribution in [1.82, 2.24) is 0 Å². The standard InChI is InChI=1S/C40H55N/c1-3-4-5-6-7-8-9-10-11-12-13-14-15-16-17-26-33-41-38-32-25-24-31-37(38)40(2,36-29-22-19-23-30-36)34-39(41)35-27-20-18-21-28-35/h10-11,18-25,27-32,39H,3-9,12-17,26,33-34H2,1-2H3/b11-10-. The highest BCUT2D eigenvalue weighted by molar-refractivity contribution is 5.64. The summed E-state index contributed by atoms with van der Waals surface area (Å²) < 4.78 is 0. The minimum absolute atomic E-state index is 0.00204. The number of nitrogens with zero attached hydrogens (tertiary/aromatic N) is 1. The molecule has 4 rings (SSSR count). The van der Waals surface area contributed by atoms with E-state index in [2.05, 4.69) is 116 Å². The Morgan fingerprint density at radius 1 is 0.634 bits per heavy atom. The van der Waals surface area contributed by atoms with Crippen LogP contribution in [-0.2, 0) is 5.41 Å². The lowest BCUT2D eigenvalue weighted by Gasteiger charge is -2.48. The fraction of sp³-hybridized carbons (Fsp3) is 0.500. The third-order valence-corrected chi connectivity index (χ3v) is 9.29. The van der Waals surface area contributed by atoms with Crippen LogP contribution in [0.5, 0.6) is 0 Å². The van der Waals surface area contributed by atoms with Gasteiger partial charge < -0.3 is 4.90 Å². The van der Waals surface area contributed by atoms with E-state index in [1.165, 1.54) is 112 Å². The molecule has 1 heterocycles. The molecule has 0 N–H and O–H groups in total. The number of anilines is 1. The minimum Gasteiger partial charge on any atom is -0.364 e. The lowest BCUT2D eigenvalue weighted by molar-refractivity contribution is 0.407. The van der Waals surface area contributed by atoms with Crippen molar-refractivity contribution < 1.29 is 0 Å². The number of hydrogen-bond acceptors (Lipinski definition) is 1. The van der Waals surface area contributed by atoms with Crippen LogP contribution in [0.2, 0.25) is 0 Å². The molecular weight excluding hydrogens is 494 g/mol. The zero-order valence-electron chi connectivity index (χ0n) is 26.1. The van der Waals surface area contributed by atoms with Crippen LogP contribution in [-0.4, -0.2) is 6.54 Å². The van der Waals surface area contributed by atoms with Crippen molar-refractivity contribution in [3.8, 4) is 0 Å². The summed E-state index contributed by atoms with van der Waals surface area (Å²) in [5.41, 5.74) is 5.76. The molecule has 2 atom stereocenters. The largest absolute Gasteiger partial charge is 0.364 e. The first-order valence-corrected chi connectivity index (χ1v) is 16.9. The fourth-order valence-corrected chi connectivity index (χ4v) is 6.82. The van der Waals surface area contributed by atoms with Gasteiger partial charge in [0.2, 0.25) is 0 Å². The zero-order chi connectivity index (χ0) is 28.6. The SMILES string of the molecule is CCCCCCCC/C=C\CCCCCCCCN1c2ccccc2C(C)(c2ccccc2)CC1c1ccccc1. The molecule has 0 spiro atoms. The molecule has 0 saturated carbocycles. The van der Waals surface area contributed by atoms with E-state index < -0.39 is 0 Å². The van der Waals surface area contributed by atoms with E-state index in [-0.39, 0.29) is 5.41 Å². The summed E-state index contributed by atoms with van der Waals surface area (Å²) in [4.78, 5) is 2.73. The van der Waals surface area contributed by atoms with Crippen molar-refractivity contribution in [2.75, 3.05) is 11.4 Å². The number of rotatable bonds is 18. The molecule has 3 aromatic rings. The van der Waals surface area contributed by atoms with E-state index in [1.54, 1.807) is 0 Å². The van der Waals surface area contributed by atoms with Crippen LogP contribution >= 0.6 is 0 Å². The van der Waals surface area contributed by atoms with E-state index in [1.807, 2.05) is 0 Å². The number of unbranched alkanes of at least 4 members (excludes halogenated alkanes) is 12. The van der Waals surface area contributed by atoms with Crippen LogP contribution in [0.4, 0.5) is 5.69 Å². The molecule has 2 unspecified atom stereocenters. The zero-order valence-corrected chi connectivity index (χ0v) is 26.1. The fourth-order valence-electron chi connectivity index (χ4n) is 6.82. The highest BCUT2D eigenvalue weighted by atomic mass is 15.2. The molecule has 1 nitrogen and oxygen atoms in total. The van der Waals surface area contributed by atoms with Gasteiger partial charge in [0.05, 0.1) is 6.04 Å². The van der Waals surface area contributed by atoms with Gasteiger partial charge in [0, 0.05) is 17.6 Å². The average Bonchev–Trinajstić information content (AvgIpc) is 3.02. The first-order valence-electron chi connectivity index (χ1n) is 16.9. The summed E-state index contributed by atoms with van der Waals surface area (Å²) >= 11 is 0. The smallest absolute Gasteiger partial charge is 0.0554 e. The Morgan fingerprint density at radius 2 is 1.17 bits per heavy atom. The lowest BCUT2D eigenvalue weighted by Crippen LogP contribution is -2.42. The second-order valence-corrected chi connectivity index (χ2v) is 12.5. The van der Waals surface area contributed by atoms with Crippen molar-refractivity contribution in [2.24, 2.45) is 0 Å². The van der Waals surface area contributed by atoms with Gasteiger partial charge in [-0.05, 0) is 61.3 Å². The molecule has 1 heteroatoms. The Labute approximate surface area is 252 Å². The average molecular weight is 550 g/mol. The summed E-state index contributed by atoms with van der Waals surface area (Å²) in [7, 11) is 0. The number of hydrogen-bond donors (Lipinski definition) is 0. The molecule has 0 bridgehead atoms. The first-order chi connectivity index (χ1) is 20.2. The Balaban J connectivity index is 1.26. The predicted molar refractivity (Wildman–Crippen MR) is 180 cm³/mol. The van der Waals surface area contributed by atoms with Crippen LogP contribution in [0.3, 0.4) is 0 Å². The molecule has 1 aliphatic rings. The predicted octanol–water partition coefficient (Wildman–Crippen LogP) is 12.0. The maximum Gasteiger partial charge on any atom is 0.0554 e. The van der Waals surface area contributed by atoms with Crippen LogP contribution in [0.25, 0.3) is 0 Å². The Morgan fingerprint density at radius 3 is 1.83 bits per heavy atom. The summed E-state index contributed by atoms with van der Waals surface area (Å²) in [6, 6.07) is 32.0. The Bertz CT molecular complexity index is 1130. The summed E-state index contributed by atoms with van der Waals surface area (Å²) in [6.07, 6.45) is 24.9. The molecule has 41 heavy (non-hydrogen) atoms. The van der Waals surface area contributed by atoms with E-state index in [9.17, 15) is 0 Å². The molecular formula is C40H55N. The lowest BCUT2D eigenvalue weighted by atomic mass is 9.67. The molecule has 0 fully saturated rings. The second-order valence-electron chi connectivity index (χ2n) is 12.5. The number of benzene rings is 3. The van der Waals surface area contributed by atoms with E-state index >= 15 is 0 Å².